The van der Waals surface area contributed by atoms with Crippen molar-refractivity contribution in [3.63, 3.8) is 0 Å². The van der Waals surface area contributed by atoms with E-state index in [1.165, 1.54) is 11.3 Å². The molecule has 3 nitrogen and oxygen atoms in total. The predicted octanol–water partition coefficient (Wildman–Crippen LogP) is 2.42. The summed E-state index contributed by atoms with van der Waals surface area (Å²) in [6.07, 6.45) is 0. The molecule has 1 heterocycles. The standard InChI is InChI=1S/C11H13NO2S2/c1-2-16(13,14)7-9-6-8-4-3-5-10(12)11(8)15-9/h3-6H,2,7,12H2,1H3. The van der Waals surface area contributed by atoms with E-state index in [0.717, 1.165) is 15.0 Å². The van der Waals surface area contributed by atoms with Crippen molar-refractivity contribution in [2.24, 2.45) is 0 Å². The Morgan fingerprint density at radius 1 is 1.38 bits per heavy atom. The predicted molar refractivity (Wildman–Crippen MR) is 69.4 cm³/mol. The summed E-state index contributed by atoms with van der Waals surface area (Å²) in [6, 6.07) is 7.56. The molecule has 0 spiro atoms. The number of sulfone groups is 1. The van der Waals surface area contributed by atoms with Crippen molar-refractivity contribution in [3.05, 3.63) is 29.1 Å². The lowest BCUT2D eigenvalue weighted by atomic mass is 10.2. The number of benzene rings is 1. The number of thiophene rings is 1. The van der Waals surface area contributed by atoms with Crippen LogP contribution < -0.4 is 5.73 Å². The second-order valence-corrected chi connectivity index (χ2v) is 7.14. The van der Waals surface area contributed by atoms with Crippen molar-refractivity contribution < 1.29 is 8.42 Å². The molecule has 0 radical (unpaired) electrons. The number of nitrogen functional groups attached to an aromatic ring is 1. The molecule has 2 aromatic rings. The lowest BCUT2D eigenvalue weighted by Crippen LogP contribution is -2.04. The van der Waals surface area contributed by atoms with E-state index in [4.69, 9.17) is 5.73 Å². The van der Waals surface area contributed by atoms with E-state index in [2.05, 4.69) is 0 Å². The van der Waals surface area contributed by atoms with Gasteiger partial charge in [-0.15, -0.1) is 11.3 Å². The number of rotatable bonds is 3. The Hall–Kier alpha value is -1.07. The van der Waals surface area contributed by atoms with E-state index in [9.17, 15) is 8.42 Å². The summed E-state index contributed by atoms with van der Waals surface area (Å²) >= 11 is 1.46. The lowest BCUT2D eigenvalue weighted by molar-refractivity contribution is 0.597. The van der Waals surface area contributed by atoms with Gasteiger partial charge in [-0.1, -0.05) is 19.1 Å². The molecule has 0 aliphatic rings. The molecule has 0 fully saturated rings. The van der Waals surface area contributed by atoms with Gasteiger partial charge in [0.15, 0.2) is 9.84 Å². The average molecular weight is 255 g/mol. The molecule has 5 heteroatoms. The Kier molecular flexibility index (Phi) is 2.90. The second kappa shape index (κ2) is 4.07. The fourth-order valence-corrected chi connectivity index (χ4v) is 3.90. The third kappa shape index (κ3) is 2.20. The minimum Gasteiger partial charge on any atom is -0.398 e. The van der Waals surface area contributed by atoms with Crippen LogP contribution in [0.3, 0.4) is 0 Å². The first kappa shape index (κ1) is 11.4. The molecule has 0 atom stereocenters. The summed E-state index contributed by atoms with van der Waals surface area (Å²) in [4.78, 5) is 0.856. The van der Waals surface area contributed by atoms with Gasteiger partial charge in [0.2, 0.25) is 0 Å². The molecular formula is C11H13NO2S2. The Morgan fingerprint density at radius 2 is 2.12 bits per heavy atom. The Morgan fingerprint density at radius 3 is 2.75 bits per heavy atom. The highest BCUT2D eigenvalue weighted by molar-refractivity contribution is 7.90. The van der Waals surface area contributed by atoms with Gasteiger partial charge in [0, 0.05) is 16.3 Å². The highest BCUT2D eigenvalue weighted by Gasteiger charge is 2.12. The van der Waals surface area contributed by atoms with Crippen molar-refractivity contribution in [3.8, 4) is 0 Å². The molecule has 1 aromatic heterocycles. The summed E-state index contributed by atoms with van der Waals surface area (Å²) in [5.41, 5.74) is 6.54. The van der Waals surface area contributed by atoms with Crippen molar-refractivity contribution >= 4 is 36.9 Å². The quantitative estimate of drug-likeness (QED) is 0.857. The number of nitrogens with two attached hydrogens (primary N) is 1. The van der Waals surface area contributed by atoms with Crippen LogP contribution in [0.25, 0.3) is 10.1 Å². The van der Waals surface area contributed by atoms with Gasteiger partial charge in [-0.2, -0.15) is 0 Å². The molecule has 0 saturated heterocycles. The van der Waals surface area contributed by atoms with Crippen LogP contribution in [-0.2, 0) is 15.6 Å². The summed E-state index contributed by atoms with van der Waals surface area (Å²) in [5, 5.41) is 1.02. The van der Waals surface area contributed by atoms with Gasteiger partial charge in [0.1, 0.15) is 0 Å². The molecule has 2 rings (SSSR count). The summed E-state index contributed by atoms with van der Waals surface area (Å²) in [7, 11) is -2.96. The van der Waals surface area contributed by atoms with Crippen molar-refractivity contribution in [2.45, 2.75) is 12.7 Å². The first-order chi connectivity index (χ1) is 7.52. The lowest BCUT2D eigenvalue weighted by Gasteiger charge is -1.96. The molecule has 0 amide bonds. The largest absolute Gasteiger partial charge is 0.398 e. The van der Waals surface area contributed by atoms with Crippen LogP contribution in [0.5, 0.6) is 0 Å². The maximum absolute atomic E-state index is 11.5. The Balaban J connectivity index is 2.45. The minimum absolute atomic E-state index is 0.113. The van der Waals surface area contributed by atoms with Gasteiger partial charge in [0.05, 0.1) is 10.5 Å². The monoisotopic (exact) mass is 255 g/mol. The first-order valence-electron chi connectivity index (χ1n) is 4.99. The molecule has 0 aliphatic heterocycles. The smallest absolute Gasteiger partial charge is 0.154 e. The maximum Gasteiger partial charge on any atom is 0.154 e. The van der Waals surface area contributed by atoms with Crippen LogP contribution in [0.4, 0.5) is 5.69 Å². The number of hydrogen-bond acceptors (Lipinski definition) is 4. The van der Waals surface area contributed by atoms with Crippen molar-refractivity contribution in [2.75, 3.05) is 11.5 Å². The van der Waals surface area contributed by atoms with Crippen LogP contribution in [0.1, 0.15) is 11.8 Å². The van der Waals surface area contributed by atoms with Crippen LogP contribution in [-0.4, -0.2) is 14.2 Å². The summed E-state index contributed by atoms with van der Waals surface area (Å²) in [6.45, 7) is 1.66. The zero-order chi connectivity index (χ0) is 11.8. The molecule has 0 aliphatic carbocycles. The highest BCUT2D eigenvalue weighted by atomic mass is 32.2. The van der Waals surface area contributed by atoms with E-state index in [0.29, 0.717) is 5.69 Å². The first-order valence-corrected chi connectivity index (χ1v) is 7.63. The van der Waals surface area contributed by atoms with Crippen molar-refractivity contribution in [1.82, 2.24) is 0 Å². The van der Waals surface area contributed by atoms with Gasteiger partial charge in [-0.05, 0) is 17.5 Å². The van der Waals surface area contributed by atoms with Gasteiger partial charge in [0.25, 0.3) is 0 Å². The molecule has 16 heavy (non-hydrogen) atoms. The van der Waals surface area contributed by atoms with Gasteiger partial charge in [-0.3, -0.25) is 0 Å². The fraction of sp³-hybridized carbons (Fsp3) is 0.273. The molecule has 0 bridgehead atoms. The zero-order valence-corrected chi connectivity index (χ0v) is 10.6. The van der Waals surface area contributed by atoms with Crippen LogP contribution in [0.15, 0.2) is 24.3 Å². The number of hydrogen-bond donors (Lipinski definition) is 1. The Labute approximate surface area is 98.8 Å². The molecule has 86 valence electrons. The molecule has 2 N–H and O–H groups in total. The van der Waals surface area contributed by atoms with Crippen molar-refractivity contribution in [1.29, 1.82) is 0 Å². The highest BCUT2D eigenvalue weighted by Crippen LogP contribution is 2.31. The van der Waals surface area contributed by atoms with Gasteiger partial charge in [-0.25, -0.2) is 8.42 Å². The number of fused-ring (bicyclic) bond motifs is 1. The Bertz CT molecular complexity index is 614. The minimum atomic E-state index is -2.96. The van der Waals surface area contributed by atoms with E-state index in [-0.39, 0.29) is 11.5 Å². The van der Waals surface area contributed by atoms with E-state index >= 15 is 0 Å². The maximum atomic E-state index is 11.5. The molecular weight excluding hydrogens is 242 g/mol. The van der Waals surface area contributed by atoms with E-state index in [1.54, 1.807) is 6.92 Å². The van der Waals surface area contributed by atoms with Crippen LogP contribution in [0.2, 0.25) is 0 Å². The molecule has 1 aromatic carbocycles. The zero-order valence-electron chi connectivity index (χ0n) is 8.93. The SMILES string of the molecule is CCS(=O)(=O)Cc1cc2cccc(N)c2s1. The third-order valence-corrected chi connectivity index (χ3v) is 5.44. The topological polar surface area (TPSA) is 60.2 Å². The normalized spacial score (nSPS) is 12.1. The number of anilines is 1. The molecule has 0 unspecified atom stereocenters. The van der Waals surface area contributed by atoms with E-state index in [1.807, 2.05) is 24.3 Å². The van der Waals surface area contributed by atoms with E-state index < -0.39 is 9.84 Å². The summed E-state index contributed by atoms with van der Waals surface area (Å²) in [5.74, 6) is 0.291. The molecule has 0 saturated carbocycles. The van der Waals surface area contributed by atoms with Gasteiger partial charge < -0.3 is 5.73 Å². The fourth-order valence-electron chi connectivity index (χ4n) is 1.53. The second-order valence-electron chi connectivity index (χ2n) is 3.65. The average Bonchev–Trinajstić information content (AvgIpc) is 2.61. The van der Waals surface area contributed by atoms with Crippen LogP contribution in [0, 0.1) is 0 Å². The summed E-state index contributed by atoms with van der Waals surface area (Å²) < 4.78 is 24.0. The van der Waals surface area contributed by atoms with Crippen LogP contribution >= 0.6 is 11.3 Å². The third-order valence-electron chi connectivity index (χ3n) is 2.43. The van der Waals surface area contributed by atoms with Gasteiger partial charge >= 0.3 is 0 Å².